The van der Waals surface area contributed by atoms with Crippen molar-refractivity contribution < 1.29 is 4.79 Å². The number of amides is 1. The molecule has 1 amide bonds. The Morgan fingerprint density at radius 2 is 2.22 bits per heavy atom. The summed E-state index contributed by atoms with van der Waals surface area (Å²) in [6.07, 6.45) is 3.64. The Kier molecular flexibility index (Phi) is 4.31. The number of carbonyl (C=O) groups excluding carboxylic acids is 1. The van der Waals surface area contributed by atoms with Gasteiger partial charge in [-0.15, -0.1) is 0 Å². The summed E-state index contributed by atoms with van der Waals surface area (Å²) >= 11 is 4.79. The lowest BCUT2D eigenvalue weighted by Gasteiger charge is -2.24. The van der Waals surface area contributed by atoms with Gasteiger partial charge in [0.15, 0.2) is 0 Å². The summed E-state index contributed by atoms with van der Waals surface area (Å²) in [6, 6.07) is 8.21. The Labute approximate surface area is 113 Å². The van der Waals surface area contributed by atoms with E-state index < -0.39 is 0 Å². The number of hydrogen-bond donors (Lipinski definition) is 2. The Morgan fingerprint density at radius 3 is 3.00 bits per heavy atom. The molecule has 1 aromatic carbocycles. The van der Waals surface area contributed by atoms with Crippen LogP contribution in [0.15, 0.2) is 24.3 Å². The van der Waals surface area contributed by atoms with Crippen LogP contribution in [0.5, 0.6) is 0 Å². The van der Waals surface area contributed by atoms with Crippen molar-refractivity contribution in [2.75, 3.05) is 6.54 Å². The fraction of sp³-hybridized carbons (Fsp3) is 0.429. The molecular formula is C14H18N2OS. The number of aryl methyl sites for hydroxylation is 1. The van der Waals surface area contributed by atoms with Gasteiger partial charge in [0.2, 0.25) is 5.91 Å². The van der Waals surface area contributed by atoms with E-state index in [1.165, 1.54) is 11.1 Å². The van der Waals surface area contributed by atoms with Crippen molar-refractivity contribution in [2.24, 2.45) is 5.73 Å². The van der Waals surface area contributed by atoms with Crippen LogP contribution in [-0.2, 0) is 11.2 Å². The second kappa shape index (κ2) is 5.96. The first-order valence-electron chi connectivity index (χ1n) is 6.32. The van der Waals surface area contributed by atoms with E-state index in [1.54, 1.807) is 0 Å². The predicted molar refractivity (Wildman–Crippen MR) is 76.5 cm³/mol. The molecule has 3 nitrogen and oxygen atoms in total. The van der Waals surface area contributed by atoms with E-state index in [0.29, 0.717) is 18.0 Å². The number of carbonyl (C=O) groups is 1. The Hall–Kier alpha value is -1.42. The predicted octanol–water partition coefficient (Wildman–Crippen LogP) is 1.90. The van der Waals surface area contributed by atoms with Crippen molar-refractivity contribution in [3.8, 4) is 0 Å². The first kappa shape index (κ1) is 13.0. The number of rotatable bonds is 4. The summed E-state index contributed by atoms with van der Waals surface area (Å²) in [5.41, 5.74) is 7.90. The number of fused-ring (bicyclic) bond motifs is 1. The molecule has 0 fully saturated rings. The minimum Gasteiger partial charge on any atom is -0.393 e. The molecule has 1 aliphatic carbocycles. The van der Waals surface area contributed by atoms with Gasteiger partial charge < -0.3 is 11.1 Å². The van der Waals surface area contributed by atoms with Crippen LogP contribution in [0.25, 0.3) is 0 Å². The molecule has 0 radical (unpaired) electrons. The molecule has 0 spiro atoms. The minimum absolute atomic E-state index is 0.0127. The van der Waals surface area contributed by atoms with Crippen LogP contribution in [0, 0.1) is 0 Å². The molecule has 1 atom stereocenters. The van der Waals surface area contributed by atoms with Crippen LogP contribution >= 0.6 is 12.2 Å². The van der Waals surface area contributed by atoms with E-state index >= 15 is 0 Å². The van der Waals surface area contributed by atoms with Crippen LogP contribution in [0.3, 0.4) is 0 Å². The van der Waals surface area contributed by atoms with Gasteiger partial charge in [-0.1, -0.05) is 36.5 Å². The van der Waals surface area contributed by atoms with Crippen molar-refractivity contribution in [2.45, 2.75) is 31.6 Å². The van der Waals surface area contributed by atoms with E-state index in [9.17, 15) is 4.79 Å². The first-order chi connectivity index (χ1) is 8.68. The molecule has 1 aromatic rings. The van der Waals surface area contributed by atoms with Gasteiger partial charge in [-0.2, -0.15) is 0 Å². The molecule has 96 valence electrons. The highest BCUT2D eigenvalue weighted by molar-refractivity contribution is 7.80. The summed E-state index contributed by atoms with van der Waals surface area (Å²) in [7, 11) is 0. The molecule has 0 aliphatic heterocycles. The fourth-order valence-electron chi connectivity index (χ4n) is 2.46. The molecule has 2 rings (SSSR count). The number of nitrogens with one attached hydrogen (secondary N) is 1. The lowest BCUT2D eigenvalue weighted by Crippen LogP contribution is -2.33. The SMILES string of the molecule is NC(=S)CCNC(=O)C1CCCc2ccccc21. The van der Waals surface area contributed by atoms with Crippen LogP contribution in [0.4, 0.5) is 0 Å². The molecule has 0 saturated heterocycles. The molecule has 1 aliphatic rings. The average Bonchev–Trinajstić information content (AvgIpc) is 2.37. The number of benzene rings is 1. The van der Waals surface area contributed by atoms with Gasteiger partial charge in [0.25, 0.3) is 0 Å². The van der Waals surface area contributed by atoms with E-state index in [4.69, 9.17) is 18.0 Å². The van der Waals surface area contributed by atoms with Gasteiger partial charge >= 0.3 is 0 Å². The average molecular weight is 262 g/mol. The third-order valence-electron chi connectivity index (χ3n) is 3.36. The molecule has 0 bridgehead atoms. The van der Waals surface area contributed by atoms with Crippen molar-refractivity contribution in [3.63, 3.8) is 0 Å². The Bertz CT molecular complexity index is 459. The normalized spacial score (nSPS) is 17.9. The highest BCUT2D eigenvalue weighted by Crippen LogP contribution is 2.31. The third-order valence-corrected chi connectivity index (χ3v) is 3.56. The smallest absolute Gasteiger partial charge is 0.227 e. The van der Waals surface area contributed by atoms with Gasteiger partial charge in [-0.25, -0.2) is 0 Å². The van der Waals surface area contributed by atoms with Gasteiger partial charge in [0.05, 0.1) is 10.9 Å². The van der Waals surface area contributed by atoms with Crippen LogP contribution in [-0.4, -0.2) is 17.4 Å². The zero-order valence-electron chi connectivity index (χ0n) is 10.3. The maximum atomic E-state index is 12.1. The summed E-state index contributed by atoms with van der Waals surface area (Å²) in [5, 5.41) is 2.92. The summed E-state index contributed by atoms with van der Waals surface area (Å²) in [4.78, 5) is 12.6. The molecule has 4 heteroatoms. The third kappa shape index (κ3) is 3.07. The molecule has 18 heavy (non-hydrogen) atoms. The summed E-state index contributed by atoms with van der Waals surface area (Å²) in [6.45, 7) is 0.535. The second-order valence-electron chi connectivity index (χ2n) is 4.65. The van der Waals surface area contributed by atoms with Crippen molar-refractivity contribution in [1.82, 2.24) is 5.32 Å². The molecule has 3 N–H and O–H groups in total. The molecule has 0 saturated carbocycles. The van der Waals surface area contributed by atoms with E-state index in [1.807, 2.05) is 12.1 Å². The second-order valence-corrected chi connectivity index (χ2v) is 5.18. The number of thiocarbonyl (C=S) groups is 1. The highest BCUT2D eigenvalue weighted by Gasteiger charge is 2.25. The van der Waals surface area contributed by atoms with Crippen molar-refractivity contribution >= 4 is 23.1 Å². The van der Waals surface area contributed by atoms with E-state index in [-0.39, 0.29) is 11.8 Å². The standard InChI is InChI=1S/C14H18N2OS/c15-13(18)8-9-16-14(17)12-7-3-5-10-4-1-2-6-11(10)12/h1-2,4,6,12H,3,5,7-9H2,(H2,15,18)(H,16,17). The zero-order chi connectivity index (χ0) is 13.0. The molecule has 0 aromatic heterocycles. The summed E-state index contributed by atoms with van der Waals surface area (Å²) < 4.78 is 0. The molecule has 1 unspecified atom stereocenters. The van der Waals surface area contributed by atoms with Crippen LogP contribution < -0.4 is 11.1 Å². The minimum atomic E-state index is -0.0127. The fourth-order valence-corrected chi connectivity index (χ4v) is 2.56. The summed E-state index contributed by atoms with van der Waals surface area (Å²) in [5.74, 6) is 0.0831. The quantitative estimate of drug-likeness (QED) is 0.815. The number of nitrogens with two attached hydrogens (primary N) is 1. The largest absolute Gasteiger partial charge is 0.393 e. The van der Waals surface area contributed by atoms with Gasteiger partial charge in [0.1, 0.15) is 0 Å². The van der Waals surface area contributed by atoms with Crippen LogP contribution in [0.1, 0.15) is 36.3 Å². The monoisotopic (exact) mass is 262 g/mol. The zero-order valence-corrected chi connectivity index (χ0v) is 11.1. The first-order valence-corrected chi connectivity index (χ1v) is 6.73. The number of hydrogen-bond acceptors (Lipinski definition) is 2. The van der Waals surface area contributed by atoms with Gasteiger partial charge in [-0.3, -0.25) is 4.79 Å². The van der Waals surface area contributed by atoms with Crippen molar-refractivity contribution in [3.05, 3.63) is 35.4 Å². The van der Waals surface area contributed by atoms with Crippen LogP contribution in [0.2, 0.25) is 0 Å². The van der Waals surface area contributed by atoms with E-state index in [2.05, 4.69) is 17.4 Å². The Morgan fingerprint density at radius 1 is 1.44 bits per heavy atom. The maximum Gasteiger partial charge on any atom is 0.227 e. The van der Waals surface area contributed by atoms with Gasteiger partial charge in [-0.05, 0) is 30.4 Å². The molecular weight excluding hydrogens is 244 g/mol. The van der Waals surface area contributed by atoms with Gasteiger partial charge in [0, 0.05) is 13.0 Å². The van der Waals surface area contributed by atoms with Crippen molar-refractivity contribution in [1.29, 1.82) is 0 Å². The Balaban J connectivity index is 2.01. The van der Waals surface area contributed by atoms with E-state index in [0.717, 1.165) is 19.3 Å². The lowest BCUT2D eigenvalue weighted by molar-refractivity contribution is -0.122. The maximum absolute atomic E-state index is 12.1. The lowest BCUT2D eigenvalue weighted by atomic mass is 9.82. The topological polar surface area (TPSA) is 55.1 Å². The highest BCUT2D eigenvalue weighted by atomic mass is 32.1. The molecule has 0 heterocycles.